The van der Waals surface area contributed by atoms with Crippen LogP contribution in [0, 0.1) is 0 Å². The van der Waals surface area contributed by atoms with E-state index in [-0.39, 0.29) is 12.5 Å². The van der Waals surface area contributed by atoms with E-state index in [1.54, 1.807) is 20.1 Å². The number of aliphatic hydroxyl groups excluding tert-OH is 1. The number of benzene rings is 1. The van der Waals surface area contributed by atoms with Gasteiger partial charge < -0.3 is 15.2 Å². The van der Waals surface area contributed by atoms with Crippen molar-refractivity contribution in [3.63, 3.8) is 0 Å². The summed E-state index contributed by atoms with van der Waals surface area (Å²) in [5.74, 6) is 0.519. The summed E-state index contributed by atoms with van der Waals surface area (Å²) >= 11 is 0. The van der Waals surface area contributed by atoms with Gasteiger partial charge in [-0.15, -0.1) is 0 Å². The molecule has 1 atom stereocenters. The van der Waals surface area contributed by atoms with Crippen LogP contribution < -0.4 is 10.1 Å². The Bertz CT molecular complexity index is 399. The molecule has 4 heteroatoms. The monoisotopic (exact) mass is 235 g/mol. The van der Waals surface area contributed by atoms with Gasteiger partial charge in [-0.3, -0.25) is 4.79 Å². The molecule has 92 valence electrons. The van der Waals surface area contributed by atoms with E-state index in [1.807, 2.05) is 24.3 Å². The molecule has 1 aromatic carbocycles. The Kier molecular flexibility index (Phi) is 5.23. The number of amides is 1. The van der Waals surface area contributed by atoms with E-state index in [0.717, 1.165) is 11.3 Å². The molecule has 0 bridgehead atoms. The molecule has 1 amide bonds. The lowest BCUT2D eigenvalue weighted by atomic mass is 10.2. The van der Waals surface area contributed by atoms with E-state index >= 15 is 0 Å². The van der Waals surface area contributed by atoms with Gasteiger partial charge >= 0.3 is 0 Å². The summed E-state index contributed by atoms with van der Waals surface area (Å²) in [6.07, 6.45) is 2.58. The maximum atomic E-state index is 11.3. The van der Waals surface area contributed by atoms with Crippen molar-refractivity contribution in [1.29, 1.82) is 0 Å². The van der Waals surface area contributed by atoms with Crippen molar-refractivity contribution in [2.75, 3.05) is 13.7 Å². The zero-order valence-corrected chi connectivity index (χ0v) is 10.0. The van der Waals surface area contributed by atoms with Gasteiger partial charge in [0.05, 0.1) is 13.2 Å². The Balaban J connectivity index is 2.54. The topological polar surface area (TPSA) is 58.6 Å². The van der Waals surface area contributed by atoms with Crippen molar-refractivity contribution >= 4 is 12.0 Å². The summed E-state index contributed by atoms with van der Waals surface area (Å²) in [5.41, 5.74) is 0.886. The fourth-order valence-electron chi connectivity index (χ4n) is 1.22. The lowest BCUT2D eigenvalue weighted by molar-refractivity contribution is -0.116. The fourth-order valence-corrected chi connectivity index (χ4v) is 1.22. The first kappa shape index (κ1) is 13.3. The van der Waals surface area contributed by atoms with E-state index in [9.17, 15) is 4.79 Å². The van der Waals surface area contributed by atoms with Crippen LogP contribution in [0.15, 0.2) is 30.3 Å². The zero-order chi connectivity index (χ0) is 12.7. The van der Waals surface area contributed by atoms with E-state index in [4.69, 9.17) is 9.84 Å². The second kappa shape index (κ2) is 6.70. The number of carbonyl (C=O) groups excluding carboxylic acids is 1. The normalized spacial score (nSPS) is 12.4. The van der Waals surface area contributed by atoms with Crippen molar-refractivity contribution in [3.05, 3.63) is 35.9 Å². The smallest absolute Gasteiger partial charge is 0.244 e. The Morgan fingerprint density at radius 3 is 3.00 bits per heavy atom. The molecule has 0 aromatic heterocycles. The molecule has 0 aliphatic rings. The molecule has 0 spiro atoms. The van der Waals surface area contributed by atoms with Crippen LogP contribution in [0.2, 0.25) is 0 Å². The summed E-state index contributed by atoms with van der Waals surface area (Å²) < 4.78 is 5.07. The van der Waals surface area contributed by atoms with E-state index in [2.05, 4.69) is 5.32 Å². The molecule has 1 aromatic rings. The van der Waals surface area contributed by atoms with Crippen LogP contribution in [0.4, 0.5) is 0 Å². The Hall–Kier alpha value is -1.81. The van der Waals surface area contributed by atoms with Crippen molar-refractivity contribution in [1.82, 2.24) is 5.32 Å². The third-order valence-corrected chi connectivity index (χ3v) is 2.09. The van der Waals surface area contributed by atoms with Crippen LogP contribution >= 0.6 is 0 Å². The minimum Gasteiger partial charge on any atom is -0.497 e. The summed E-state index contributed by atoms with van der Waals surface area (Å²) in [6.45, 7) is 1.87. The molecular weight excluding hydrogens is 218 g/mol. The summed E-state index contributed by atoms with van der Waals surface area (Å²) in [7, 11) is 1.60. The average Bonchev–Trinajstić information content (AvgIpc) is 2.34. The fraction of sp³-hybridized carbons (Fsp3) is 0.308. The second-order valence-electron chi connectivity index (χ2n) is 3.70. The average molecular weight is 235 g/mol. The van der Waals surface area contributed by atoms with Crippen LogP contribution in [0.1, 0.15) is 12.5 Å². The van der Waals surface area contributed by atoms with Crippen LogP contribution in [0.3, 0.4) is 0 Å². The van der Waals surface area contributed by atoms with Gasteiger partial charge in [0.15, 0.2) is 0 Å². The molecule has 0 fully saturated rings. The maximum absolute atomic E-state index is 11.3. The first-order valence-corrected chi connectivity index (χ1v) is 5.40. The van der Waals surface area contributed by atoms with Crippen LogP contribution in [0.25, 0.3) is 6.08 Å². The Morgan fingerprint density at radius 1 is 1.59 bits per heavy atom. The van der Waals surface area contributed by atoms with Gasteiger partial charge in [-0.25, -0.2) is 0 Å². The molecule has 2 N–H and O–H groups in total. The number of aliphatic hydroxyl groups is 1. The number of nitrogens with one attached hydrogen (secondary N) is 1. The molecule has 0 saturated carbocycles. The summed E-state index contributed by atoms with van der Waals surface area (Å²) in [4.78, 5) is 11.3. The maximum Gasteiger partial charge on any atom is 0.244 e. The van der Waals surface area contributed by atoms with Crippen molar-refractivity contribution in [2.45, 2.75) is 13.0 Å². The largest absolute Gasteiger partial charge is 0.497 e. The quantitative estimate of drug-likeness (QED) is 0.754. The van der Waals surface area contributed by atoms with Crippen molar-refractivity contribution in [3.8, 4) is 5.75 Å². The predicted molar refractivity (Wildman–Crippen MR) is 66.7 cm³/mol. The highest BCUT2D eigenvalue weighted by Gasteiger charge is 1.98. The SMILES string of the molecule is COc1cccc(/C=C/C(=O)NC[C@@H](C)O)c1. The van der Waals surface area contributed by atoms with E-state index in [1.165, 1.54) is 6.08 Å². The highest BCUT2D eigenvalue weighted by molar-refractivity contribution is 5.91. The first-order chi connectivity index (χ1) is 8.11. The van der Waals surface area contributed by atoms with Crippen LogP contribution in [-0.2, 0) is 4.79 Å². The van der Waals surface area contributed by atoms with Crippen LogP contribution in [0.5, 0.6) is 5.75 Å². The predicted octanol–water partition coefficient (Wildman–Crippen LogP) is 1.21. The molecule has 0 radical (unpaired) electrons. The van der Waals surface area contributed by atoms with Gasteiger partial charge in [-0.05, 0) is 30.7 Å². The molecular formula is C13H17NO3. The van der Waals surface area contributed by atoms with Gasteiger partial charge in [-0.1, -0.05) is 12.1 Å². The van der Waals surface area contributed by atoms with Gasteiger partial charge in [0.25, 0.3) is 0 Å². The molecule has 4 nitrogen and oxygen atoms in total. The van der Waals surface area contributed by atoms with Crippen molar-refractivity contribution in [2.24, 2.45) is 0 Å². The number of methoxy groups -OCH3 is 1. The number of hydrogen-bond donors (Lipinski definition) is 2. The molecule has 1 rings (SSSR count). The molecule has 0 heterocycles. The second-order valence-corrected chi connectivity index (χ2v) is 3.70. The highest BCUT2D eigenvalue weighted by atomic mass is 16.5. The van der Waals surface area contributed by atoms with Gasteiger partial charge in [0, 0.05) is 12.6 Å². The molecule has 17 heavy (non-hydrogen) atoms. The van der Waals surface area contributed by atoms with Gasteiger partial charge in [0.1, 0.15) is 5.75 Å². The number of rotatable bonds is 5. The first-order valence-electron chi connectivity index (χ1n) is 5.40. The number of hydrogen-bond acceptors (Lipinski definition) is 3. The van der Waals surface area contributed by atoms with Gasteiger partial charge in [0.2, 0.25) is 5.91 Å². The zero-order valence-electron chi connectivity index (χ0n) is 10.0. The third kappa shape index (κ3) is 5.17. The molecule has 0 saturated heterocycles. The minimum atomic E-state index is -0.538. The Morgan fingerprint density at radius 2 is 2.35 bits per heavy atom. The molecule has 0 aliphatic heterocycles. The van der Waals surface area contributed by atoms with Gasteiger partial charge in [-0.2, -0.15) is 0 Å². The summed E-state index contributed by atoms with van der Waals surface area (Å²) in [6, 6.07) is 7.40. The molecule has 0 unspecified atom stereocenters. The van der Waals surface area contributed by atoms with Crippen LogP contribution in [-0.4, -0.2) is 30.8 Å². The number of carbonyl (C=O) groups is 1. The minimum absolute atomic E-state index is 0.228. The standard InChI is InChI=1S/C13H17NO3/c1-10(15)9-14-13(16)7-6-11-4-3-5-12(8-11)17-2/h3-8,10,15H,9H2,1-2H3,(H,14,16)/b7-6+/t10-/m1/s1. The Labute approximate surface area is 101 Å². The van der Waals surface area contributed by atoms with E-state index in [0.29, 0.717) is 0 Å². The van der Waals surface area contributed by atoms with E-state index < -0.39 is 6.10 Å². The lowest BCUT2D eigenvalue weighted by Gasteiger charge is -2.04. The highest BCUT2D eigenvalue weighted by Crippen LogP contribution is 2.13. The summed E-state index contributed by atoms with van der Waals surface area (Å²) in [5, 5.41) is 11.6. The third-order valence-electron chi connectivity index (χ3n) is 2.09. The lowest BCUT2D eigenvalue weighted by Crippen LogP contribution is -2.28. The number of ether oxygens (including phenoxy) is 1. The van der Waals surface area contributed by atoms with Crippen molar-refractivity contribution < 1.29 is 14.6 Å². The molecule has 0 aliphatic carbocycles.